The summed E-state index contributed by atoms with van der Waals surface area (Å²) in [5, 5.41) is 8.67. The van der Waals surface area contributed by atoms with E-state index < -0.39 is 0 Å². The zero-order valence-electron chi connectivity index (χ0n) is 16.3. The molecule has 0 radical (unpaired) electrons. The Hall–Kier alpha value is -2.82. The average molecular weight is 367 g/mol. The molecule has 0 heterocycles. The maximum Gasteiger partial charge on any atom is 0.319 e. The Morgan fingerprint density at radius 1 is 0.889 bits per heavy atom. The Labute approximate surface area is 161 Å². The van der Waals surface area contributed by atoms with Crippen LogP contribution in [-0.4, -0.2) is 24.0 Å². The first kappa shape index (κ1) is 20.5. The van der Waals surface area contributed by atoms with Crippen molar-refractivity contribution in [3.05, 3.63) is 65.7 Å². The van der Waals surface area contributed by atoms with E-state index in [1.807, 2.05) is 39.0 Å². The Balaban J connectivity index is 1.78. The summed E-state index contributed by atoms with van der Waals surface area (Å²) in [5.74, 6) is -0.102. The van der Waals surface area contributed by atoms with Gasteiger partial charge in [-0.2, -0.15) is 0 Å². The maximum absolute atomic E-state index is 12.1. The van der Waals surface area contributed by atoms with Gasteiger partial charge in [-0.25, -0.2) is 4.79 Å². The Morgan fingerprint density at radius 3 is 2.19 bits per heavy atom. The van der Waals surface area contributed by atoms with Crippen LogP contribution in [0.1, 0.15) is 49.5 Å². The molecular weight excluding hydrogens is 338 g/mol. The molecule has 0 aliphatic rings. The summed E-state index contributed by atoms with van der Waals surface area (Å²) in [6.45, 7) is 5.99. The second-order valence-electron chi connectivity index (χ2n) is 6.88. The van der Waals surface area contributed by atoms with Crippen molar-refractivity contribution in [1.29, 1.82) is 0 Å². The highest BCUT2D eigenvalue weighted by atomic mass is 16.2. The Morgan fingerprint density at radius 2 is 1.56 bits per heavy atom. The molecule has 0 bridgehead atoms. The molecule has 0 spiro atoms. The lowest BCUT2D eigenvalue weighted by atomic mass is 10.1. The SMILES string of the molecule is CCC(C)NC(=O)c1ccc(NC(=O)NC(C)CCc2ccccc2)cc1. The molecule has 0 saturated carbocycles. The first-order valence-electron chi connectivity index (χ1n) is 9.50. The maximum atomic E-state index is 12.1. The van der Waals surface area contributed by atoms with E-state index in [9.17, 15) is 9.59 Å². The zero-order chi connectivity index (χ0) is 19.6. The number of rotatable bonds is 8. The second kappa shape index (κ2) is 10.4. The monoisotopic (exact) mass is 367 g/mol. The number of anilines is 1. The Kier molecular flexibility index (Phi) is 7.86. The number of amides is 3. The predicted octanol–water partition coefficient (Wildman–Crippen LogP) is 4.36. The average Bonchev–Trinajstić information content (AvgIpc) is 2.67. The van der Waals surface area contributed by atoms with Crippen LogP contribution in [-0.2, 0) is 6.42 Å². The number of hydrogen-bond acceptors (Lipinski definition) is 2. The van der Waals surface area contributed by atoms with E-state index in [0.717, 1.165) is 19.3 Å². The van der Waals surface area contributed by atoms with Crippen LogP contribution in [0.15, 0.2) is 54.6 Å². The molecule has 5 heteroatoms. The molecule has 27 heavy (non-hydrogen) atoms. The molecule has 3 amide bonds. The van der Waals surface area contributed by atoms with Gasteiger partial charge in [0.1, 0.15) is 0 Å². The minimum absolute atomic E-state index is 0.0609. The number of nitrogens with one attached hydrogen (secondary N) is 3. The lowest BCUT2D eigenvalue weighted by molar-refractivity contribution is 0.0939. The second-order valence-corrected chi connectivity index (χ2v) is 6.88. The fourth-order valence-corrected chi connectivity index (χ4v) is 2.61. The van der Waals surface area contributed by atoms with Gasteiger partial charge in [0.2, 0.25) is 0 Å². The molecule has 0 aromatic heterocycles. The lowest BCUT2D eigenvalue weighted by Crippen LogP contribution is -2.36. The van der Waals surface area contributed by atoms with Gasteiger partial charge in [-0.05, 0) is 62.9 Å². The van der Waals surface area contributed by atoms with E-state index in [4.69, 9.17) is 0 Å². The quantitative estimate of drug-likeness (QED) is 0.649. The van der Waals surface area contributed by atoms with Gasteiger partial charge in [0.25, 0.3) is 5.91 Å². The van der Waals surface area contributed by atoms with Crippen molar-refractivity contribution in [3.63, 3.8) is 0 Å². The normalized spacial score (nSPS) is 12.7. The largest absolute Gasteiger partial charge is 0.350 e. The molecule has 2 rings (SSSR count). The molecule has 2 atom stereocenters. The number of carbonyl (C=O) groups is 2. The van der Waals surface area contributed by atoms with Gasteiger partial charge in [-0.3, -0.25) is 4.79 Å². The standard InChI is InChI=1S/C22H29N3O2/c1-4-16(2)23-21(26)19-12-14-20(15-13-19)25-22(27)24-17(3)10-11-18-8-6-5-7-9-18/h5-9,12-17H,4,10-11H2,1-3H3,(H,23,26)(H2,24,25,27). The molecule has 0 fully saturated rings. The molecule has 2 unspecified atom stereocenters. The fourth-order valence-electron chi connectivity index (χ4n) is 2.61. The van der Waals surface area contributed by atoms with Crippen molar-refractivity contribution >= 4 is 17.6 Å². The molecule has 144 valence electrons. The highest BCUT2D eigenvalue weighted by molar-refractivity contribution is 5.95. The minimum Gasteiger partial charge on any atom is -0.350 e. The van der Waals surface area contributed by atoms with Gasteiger partial charge in [0, 0.05) is 23.3 Å². The summed E-state index contributed by atoms with van der Waals surface area (Å²) in [6, 6.07) is 17.1. The van der Waals surface area contributed by atoms with Gasteiger partial charge < -0.3 is 16.0 Å². The molecule has 3 N–H and O–H groups in total. The van der Waals surface area contributed by atoms with Crippen molar-refractivity contribution < 1.29 is 9.59 Å². The van der Waals surface area contributed by atoms with E-state index in [0.29, 0.717) is 11.3 Å². The van der Waals surface area contributed by atoms with Crippen LogP contribution in [0.4, 0.5) is 10.5 Å². The lowest BCUT2D eigenvalue weighted by Gasteiger charge is -2.15. The first-order chi connectivity index (χ1) is 13.0. The number of carbonyl (C=O) groups excluding carboxylic acids is 2. The number of benzene rings is 2. The molecule has 0 aliphatic carbocycles. The van der Waals surface area contributed by atoms with E-state index in [1.54, 1.807) is 24.3 Å². The summed E-state index contributed by atoms with van der Waals surface area (Å²) >= 11 is 0. The van der Waals surface area contributed by atoms with Gasteiger partial charge in [-0.15, -0.1) is 0 Å². The highest BCUT2D eigenvalue weighted by Crippen LogP contribution is 2.10. The third-order valence-corrected chi connectivity index (χ3v) is 4.48. The van der Waals surface area contributed by atoms with E-state index in [2.05, 4.69) is 28.1 Å². The summed E-state index contributed by atoms with van der Waals surface area (Å²) in [4.78, 5) is 24.2. The molecular formula is C22H29N3O2. The van der Waals surface area contributed by atoms with E-state index >= 15 is 0 Å². The molecule has 5 nitrogen and oxygen atoms in total. The van der Waals surface area contributed by atoms with E-state index in [-0.39, 0.29) is 24.0 Å². The Bertz CT molecular complexity index is 729. The summed E-state index contributed by atoms with van der Waals surface area (Å²) in [5.41, 5.74) is 2.50. The third kappa shape index (κ3) is 7.13. The summed E-state index contributed by atoms with van der Waals surface area (Å²) in [7, 11) is 0. The van der Waals surface area contributed by atoms with Gasteiger partial charge in [0.05, 0.1) is 0 Å². The smallest absolute Gasteiger partial charge is 0.319 e. The van der Waals surface area contributed by atoms with Crippen molar-refractivity contribution in [3.8, 4) is 0 Å². The number of urea groups is 1. The van der Waals surface area contributed by atoms with Crippen LogP contribution in [0.2, 0.25) is 0 Å². The third-order valence-electron chi connectivity index (χ3n) is 4.48. The fraction of sp³-hybridized carbons (Fsp3) is 0.364. The van der Waals surface area contributed by atoms with Crippen LogP contribution < -0.4 is 16.0 Å². The van der Waals surface area contributed by atoms with Crippen LogP contribution in [0.3, 0.4) is 0 Å². The van der Waals surface area contributed by atoms with Crippen molar-refractivity contribution in [1.82, 2.24) is 10.6 Å². The topological polar surface area (TPSA) is 70.2 Å². The van der Waals surface area contributed by atoms with Crippen molar-refractivity contribution in [2.24, 2.45) is 0 Å². The predicted molar refractivity (Wildman–Crippen MR) is 110 cm³/mol. The molecule has 2 aromatic carbocycles. The zero-order valence-corrected chi connectivity index (χ0v) is 16.3. The van der Waals surface area contributed by atoms with Gasteiger partial charge in [0.15, 0.2) is 0 Å². The number of hydrogen-bond donors (Lipinski definition) is 3. The van der Waals surface area contributed by atoms with Crippen LogP contribution in [0.5, 0.6) is 0 Å². The molecule has 0 saturated heterocycles. The number of aryl methyl sites for hydroxylation is 1. The van der Waals surface area contributed by atoms with Crippen LogP contribution in [0.25, 0.3) is 0 Å². The van der Waals surface area contributed by atoms with E-state index in [1.165, 1.54) is 5.56 Å². The summed E-state index contributed by atoms with van der Waals surface area (Å²) < 4.78 is 0. The van der Waals surface area contributed by atoms with Crippen LogP contribution in [0, 0.1) is 0 Å². The first-order valence-corrected chi connectivity index (χ1v) is 9.50. The van der Waals surface area contributed by atoms with Gasteiger partial charge in [-0.1, -0.05) is 37.3 Å². The van der Waals surface area contributed by atoms with Gasteiger partial charge >= 0.3 is 6.03 Å². The van der Waals surface area contributed by atoms with Crippen molar-refractivity contribution in [2.45, 2.75) is 52.1 Å². The molecule has 2 aromatic rings. The molecule has 0 aliphatic heterocycles. The summed E-state index contributed by atoms with van der Waals surface area (Å²) in [6.07, 6.45) is 2.67. The van der Waals surface area contributed by atoms with Crippen LogP contribution >= 0.6 is 0 Å². The highest BCUT2D eigenvalue weighted by Gasteiger charge is 2.10. The minimum atomic E-state index is -0.243. The van der Waals surface area contributed by atoms with Crippen molar-refractivity contribution in [2.75, 3.05) is 5.32 Å².